The fourth-order valence-electron chi connectivity index (χ4n) is 2.99. The Balaban J connectivity index is 2.07. The van der Waals surface area contributed by atoms with Crippen LogP contribution in [0, 0.1) is 0 Å². The van der Waals surface area contributed by atoms with E-state index in [1.54, 1.807) is 49.4 Å². The molecule has 32 heavy (non-hydrogen) atoms. The minimum absolute atomic E-state index is 0.0126. The number of benzene rings is 2. The molecule has 2 rings (SSSR count). The first kappa shape index (κ1) is 26.3. The van der Waals surface area contributed by atoms with E-state index < -0.39 is 6.04 Å². The second-order valence-electron chi connectivity index (χ2n) is 7.62. The molecule has 0 heterocycles. The quantitative estimate of drug-likeness (QED) is 0.378. The van der Waals surface area contributed by atoms with Gasteiger partial charge in [0.2, 0.25) is 11.8 Å². The smallest absolute Gasteiger partial charge is 0.242 e. The van der Waals surface area contributed by atoms with Crippen molar-refractivity contribution in [3.8, 4) is 5.75 Å². The minimum Gasteiger partial charge on any atom is -0.494 e. The molecule has 0 radical (unpaired) electrons. The van der Waals surface area contributed by atoms with E-state index in [1.807, 2.05) is 13.8 Å². The molecular formula is C24H29Cl3N2O3. The molecule has 0 bridgehead atoms. The molecule has 0 aliphatic rings. The van der Waals surface area contributed by atoms with E-state index in [0.717, 1.165) is 6.42 Å². The predicted molar refractivity (Wildman–Crippen MR) is 131 cm³/mol. The maximum absolute atomic E-state index is 13.1. The van der Waals surface area contributed by atoms with Crippen LogP contribution < -0.4 is 10.1 Å². The van der Waals surface area contributed by atoms with Crippen molar-refractivity contribution in [3.63, 3.8) is 0 Å². The molecular weight excluding hydrogens is 471 g/mol. The van der Waals surface area contributed by atoms with Crippen molar-refractivity contribution in [1.82, 2.24) is 10.2 Å². The zero-order valence-electron chi connectivity index (χ0n) is 18.5. The molecule has 2 atom stereocenters. The monoisotopic (exact) mass is 498 g/mol. The van der Waals surface area contributed by atoms with Crippen LogP contribution in [0.2, 0.25) is 15.1 Å². The van der Waals surface area contributed by atoms with Crippen LogP contribution >= 0.6 is 34.8 Å². The highest BCUT2D eigenvalue weighted by molar-refractivity contribution is 6.36. The van der Waals surface area contributed by atoms with Crippen LogP contribution in [0.4, 0.5) is 0 Å². The third kappa shape index (κ3) is 7.88. The molecule has 0 aliphatic heterocycles. The summed E-state index contributed by atoms with van der Waals surface area (Å²) in [6, 6.07) is 11.6. The molecule has 2 aromatic rings. The Hall–Kier alpha value is -1.95. The first-order chi connectivity index (χ1) is 15.2. The van der Waals surface area contributed by atoms with Gasteiger partial charge in [-0.05, 0) is 63.1 Å². The summed E-state index contributed by atoms with van der Waals surface area (Å²) in [6.07, 6.45) is 1.51. The number of hydrogen-bond acceptors (Lipinski definition) is 3. The van der Waals surface area contributed by atoms with Crippen LogP contribution in [0.1, 0.15) is 45.6 Å². The highest BCUT2D eigenvalue weighted by Crippen LogP contribution is 2.27. The minimum atomic E-state index is -0.680. The highest BCUT2D eigenvalue weighted by atomic mass is 35.5. The molecule has 2 aromatic carbocycles. The van der Waals surface area contributed by atoms with Crippen LogP contribution in [0.15, 0.2) is 42.5 Å². The number of hydrogen-bond donors (Lipinski definition) is 1. The highest BCUT2D eigenvalue weighted by Gasteiger charge is 2.27. The van der Waals surface area contributed by atoms with E-state index in [4.69, 9.17) is 39.5 Å². The van der Waals surface area contributed by atoms with Gasteiger partial charge in [-0.1, -0.05) is 47.8 Å². The number of nitrogens with one attached hydrogen (secondary N) is 1. The molecule has 5 nitrogen and oxygen atoms in total. The second kappa shape index (κ2) is 12.9. The van der Waals surface area contributed by atoms with Gasteiger partial charge in [-0.25, -0.2) is 0 Å². The van der Waals surface area contributed by atoms with E-state index in [-0.39, 0.29) is 30.8 Å². The Morgan fingerprint density at radius 1 is 1.03 bits per heavy atom. The normalized spacial score (nSPS) is 12.7. The molecule has 0 saturated carbocycles. The number of halogens is 3. The fourth-order valence-corrected chi connectivity index (χ4v) is 3.63. The average molecular weight is 500 g/mol. The van der Waals surface area contributed by atoms with Crippen LogP contribution in [0.5, 0.6) is 5.75 Å². The summed E-state index contributed by atoms with van der Waals surface area (Å²) in [5, 5.41) is 4.48. The van der Waals surface area contributed by atoms with Gasteiger partial charge in [0, 0.05) is 39.6 Å². The van der Waals surface area contributed by atoms with Crippen molar-refractivity contribution in [2.24, 2.45) is 0 Å². The van der Waals surface area contributed by atoms with Crippen molar-refractivity contribution in [2.45, 2.75) is 58.7 Å². The average Bonchev–Trinajstić information content (AvgIpc) is 2.77. The summed E-state index contributed by atoms with van der Waals surface area (Å²) in [4.78, 5) is 27.4. The molecule has 1 N–H and O–H groups in total. The Labute approximate surface area is 205 Å². The Kier molecular flexibility index (Phi) is 10.6. The summed E-state index contributed by atoms with van der Waals surface area (Å²) >= 11 is 18.5. The number of nitrogens with zero attached hydrogens (tertiary/aromatic N) is 1. The molecule has 0 spiro atoms. The summed E-state index contributed by atoms with van der Waals surface area (Å²) < 4.78 is 5.67. The molecule has 0 saturated heterocycles. The SMILES string of the molecule is CC[C@@H](C)NC(=O)[C@H](C)N(Cc1c(Cl)cccc1Cl)C(=O)CCCOc1ccc(Cl)cc1. The van der Waals surface area contributed by atoms with E-state index in [0.29, 0.717) is 39.4 Å². The first-order valence-corrected chi connectivity index (χ1v) is 11.8. The maximum atomic E-state index is 13.1. The summed E-state index contributed by atoms with van der Waals surface area (Å²) in [5.74, 6) is 0.295. The fraction of sp³-hybridized carbons (Fsp3) is 0.417. The second-order valence-corrected chi connectivity index (χ2v) is 8.87. The predicted octanol–water partition coefficient (Wildman–Crippen LogP) is 6.14. The van der Waals surface area contributed by atoms with Gasteiger partial charge in [0.05, 0.1) is 6.61 Å². The topological polar surface area (TPSA) is 58.6 Å². The van der Waals surface area contributed by atoms with E-state index in [1.165, 1.54) is 4.90 Å². The van der Waals surface area contributed by atoms with E-state index in [9.17, 15) is 9.59 Å². The van der Waals surface area contributed by atoms with Crippen LogP contribution in [-0.4, -0.2) is 35.4 Å². The van der Waals surface area contributed by atoms with Crippen LogP contribution in [-0.2, 0) is 16.1 Å². The molecule has 0 aliphatic carbocycles. The number of carbonyl (C=O) groups is 2. The largest absolute Gasteiger partial charge is 0.494 e. The molecule has 2 amide bonds. The van der Waals surface area contributed by atoms with Crippen molar-refractivity contribution in [2.75, 3.05) is 6.61 Å². The van der Waals surface area contributed by atoms with Crippen LogP contribution in [0.25, 0.3) is 0 Å². The molecule has 0 unspecified atom stereocenters. The van der Waals surface area contributed by atoms with Gasteiger partial charge in [0.25, 0.3) is 0 Å². The van der Waals surface area contributed by atoms with Crippen molar-refractivity contribution in [1.29, 1.82) is 0 Å². The van der Waals surface area contributed by atoms with E-state index >= 15 is 0 Å². The lowest BCUT2D eigenvalue weighted by Crippen LogP contribution is -2.49. The van der Waals surface area contributed by atoms with Gasteiger partial charge in [-0.3, -0.25) is 9.59 Å². The van der Waals surface area contributed by atoms with Gasteiger partial charge in [-0.2, -0.15) is 0 Å². The number of amides is 2. The lowest BCUT2D eigenvalue weighted by Gasteiger charge is -2.30. The Morgan fingerprint density at radius 3 is 2.25 bits per heavy atom. The number of rotatable bonds is 11. The zero-order valence-corrected chi connectivity index (χ0v) is 20.8. The molecule has 174 valence electrons. The van der Waals surface area contributed by atoms with Gasteiger partial charge < -0.3 is 15.0 Å². The van der Waals surface area contributed by atoms with Crippen molar-refractivity contribution >= 4 is 46.6 Å². The van der Waals surface area contributed by atoms with E-state index in [2.05, 4.69) is 5.32 Å². The first-order valence-electron chi connectivity index (χ1n) is 10.6. The maximum Gasteiger partial charge on any atom is 0.242 e. The lowest BCUT2D eigenvalue weighted by atomic mass is 10.1. The lowest BCUT2D eigenvalue weighted by molar-refractivity contribution is -0.141. The van der Waals surface area contributed by atoms with Gasteiger partial charge in [0.1, 0.15) is 11.8 Å². The Bertz CT molecular complexity index is 886. The molecule has 8 heteroatoms. The zero-order chi connectivity index (χ0) is 23.7. The van der Waals surface area contributed by atoms with Crippen LogP contribution in [0.3, 0.4) is 0 Å². The Morgan fingerprint density at radius 2 is 1.66 bits per heavy atom. The molecule has 0 fully saturated rings. The molecule has 0 aromatic heterocycles. The summed E-state index contributed by atoms with van der Waals surface area (Å²) in [7, 11) is 0. The van der Waals surface area contributed by atoms with Gasteiger partial charge >= 0.3 is 0 Å². The third-order valence-corrected chi connectivity index (χ3v) is 6.14. The standard InChI is InChI=1S/C24H29Cl3N2O3/c1-4-16(2)28-24(31)17(3)29(15-20-21(26)7-5-8-22(20)27)23(30)9-6-14-32-19-12-10-18(25)11-13-19/h5,7-8,10-13,16-17H,4,6,9,14-15H2,1-3H3,(H,28,31)/t16-,17+/m1/s1. The summed E-state index contributed by atoms with van der Waals surface area (Å²) in [6.45, 7) is 6.13. The van der Waals surface area contributed by atoms with Gasteiger partial charge in [0.15, 0.2) is 0 Å². The van der Waals surface area contributed by atoms with Gasteiger partial charge in [-0.15, -0.1) is 0 Å². The van der Waals surface area contributed by atoms with Crippen molar-refractivity contribution < 1.29 is 14.3 Å². The van der Waals surface area contributed by atoms with Crippen molar-refractivity contribution in [3.05, 3.63) is 63.1 Å². The number of ether oxygens (including phenoxy) is 1. The summed E-state index contributed by atoms with van der Waals surface area (Å²) in [5.41, 5.74) is 0.616. The number of carbonyl (C=O) groups excluding carboxylic acids is 2. The third-order valence-electron chi connectivity index (χ3n) is 5.18.